The van der Waals surface area contributed by atoms with Crippen molar-refractivity contribution in [3.05, 3.63) is 42.2 Å². The second-order valence-corrected chi connectivity index (χ2v) is 3.55. The highest BCUT2D eigenvalue weighted by molar-refractivity contribution is 6.17. The molecule has 0 radical (unpaired) electrons. The number of hydrogen-bond donors (Lipinski definition) is 0. The number of aromatic nitrogens is 2. The van der Waals surface area contributed by atoms with Gasteiger partial charge in [-0.3, -0.25) is 0 Å². The monoisotopic (exact) mass is 234 g/mol. The second-order valence-electron chi connectivity index (χ2n) is 3.28. The molecule has 2 aromatic rings. The third-order valence-corrected chi connectivity index (χ3v) is 2.51. The molecule has 2 rings (SSSR count). The van der Waals surface area contributed by atoms with Crippen LogP contribution in [-0.4, -0.2) is 17.1 Å². The summed E-state index contributed by atoms with van der Waals surface area (Å²) < 4.78 is 5.00. The maximum atomic E-state index is 5.77. The summed E-state index contributed by atoms with van der Waals surface area (Å²) in [7, 11) is 1.59. The normalized spacial score (nSPS) is 10.1. The SMILES string of the molecule is COc1cnc(-c2cccc(CCl)c2)nc1. The first kappa shape index (κ1) is 10.9. The molecule has 0 atom stereocenters. The summed E-state index contributed by atoms with van der Waals surface area (Å²) in [6.07, 6.45) is 3.30. The van der Waals surface area contributed by atoms with E-state index < -0.39 is 0 Å². The Hall–Kier alpha value is -1.61. The van der Waals surface area contributed by atoms with Crippen LogP contribution in [0.2, 0.25) is 0 Å². The van der Waals surface area contributed by atoms with Gasteiger partial charge in [0.05, 0.1) is 19.5 Å². The van der Waals surface area contributed by atoms with Gasteiger partial charge in [-0.05, 0) is 11.6 Å². The lowest BCUT2D eigenvalue weighted by Crippen LogP contribution is -1.91. The smallest absolute Gasteiger partial charge is 0.159 e. The van der Waals surface area contributed by atoms with E-state index in [1.54, 1.807) is 19.5 Å². The van der Waals surface area contributed by atoms with Crippen LogP contribution in [0.5, 0.6) is 5.75 Å². The minimum Gasteiger partial charge on any atom is -0.494 e. The summed E-state index contributed by atoms with van der Waals surface area (Å²) in [5.74, 6) is 1.81. The Morgan fingerprint density at radius 1 is 1.25 bits per heavy atom. The molecule has 16 heavy (non-hydrogen) atoms. The van der Waals surface area contributed by atoms with Crippen molar-refractivity contribution in [2.75, 3.05) is 7.11 Å². The van der Waals surface area contributed by atoms with Gasteiger partial charge in [0.2, 0.25) is 0 Å². The third-order valence-electron chi connectivity index (χ3n) is 2.20. The van der Waals surface area contributed by atoms with Crippen LogP contribution in [0, 0.1) is 0 Å². The number of nitrogens with zero attached hydrogens (tertiary/aromatic N) is 2. The van der Waals surface area contributed by atoms with Gasteiger partial charge in [-0.1, -0.05) is 18.2 Å². The number of hydrogen-bond acceptors (Lipinski definition) is 3. The second kappa shape index (κ2) is 4.94. The van der Waals surface area contributed by atoms with Crippen LogP contribution in [0.4, 0.5) is 0 Å². The average Bonchev–Trinajstić information content (AvgIpc) is 2.39. The standard InChI is InChI=1S/C12H11ClN2O/c1-16-11-7-14-12(15-8-11)10-4-2-3-9(5-10)6-13/h2-5,7-8H,6H2,1H3. The van der Waals surface area contributed by atoms with Crippen LogP contribution in [0.3, 0.4) is 0 Å². The van der Waals surface area contributed by atoms with Gasteiger partial charge in [-0.15, -0.1) is 11.6 Å². The Balaban J connectivity index is 2.34. The van der Waals surface area contributed by atoms with E-state index in [2.05, 4.69) is 9.97 Å². The van der Waals surface area contributed by atoms with E-state index in [-0.39, 0.29) is 0 Å². The Morgan fingerprint density at radius 3 is 2.62 bits per heavy atom. The number of alkyl halides is 1. The largest absolute Gasteiger partial charge is 0.494 e. The minimum absolute atomic E-state index is 0.490. The predicted octanol–water partition coefficient (Wildman–Crippen LogP) is 2.89. The molecule has 0 saturated heterocycles. The van der Waals surface area contributed by atoms with Crippen LogP contribution in [0.25, 0.3) is 11.4 Å². The molecular formula is C12H11ClN2O. The number of halogens is 1. The summed E-state index contributed by atoms with van der Waals surface area (Å²) in [6.45, 7) is 0. The molecule has 0 spiro atoms. The van der Waals surface area contributed by atoms with E-state index >= 15 is 0 Å². The molecule has 0 bridgehead atoms. The molecule has 0 fully saturated rings. The van der Waals surface area contributed by atoms with Crippen molar-refractivity contribution in [3.8, 4) is 17.1 Å². The minimum atomic E-state index is 0.490. The van der Waals surface area contributed by atoms with E-state index in [0.29, 0.717) is 17.5 Å². The van der Waals surface area contributed by atoms with Crippen LogP contribution in [0.15, 0.2) is 36.7 Å². The molecule has 0 unspecified atom stereocenters. The maximum Gasteiger partial charge on any atom is 0.159 e. The zero-order valence-corrected chi connectivity index (χ0v) is 9.61. The summed E-state index contributed by atoms with van der Waals surface area (Å²) in [6, 6.07) is 7.85. The van der Waals surface area contributed by atoms with E-state index in [9.17, 15) is 0 Å². The molecule has 1 heterocycles. The van der Waals surface area contributed by atoms with Crippen molar-refractivity contribution >= 4 is 11.6 Å². The number of methoxy groups -OCH3 is 1. The lowest BCUT2D eigenvalue weighted by molar-refractivity contribution is 0.411. The fraction of sp³-hybridized carbons (Fsp3) is 0.167. The fourth-order valence-electron chi connectivity index (χ4n) is 1.36. The molecule has 3 nitrogen and oxygen atoms in total. The van der Waals surface area contributed by atoms with Gasteiger partial charge in [0.1, 0.15) is 0 Å². The Labute approximate surface area is 99.1 Å². The first-order chi connectivity index (χ1) is 7.83. The summed E-state index contributed by atoms with van der Waals surface area (Å²) in [5, 5.41) is 0. The van der Waals surface area contributed by atoms with Crippen molar-refractivity contribution in [3.63, 3.8) is 0 Å². The van der Waals surface area contributed by atoms with Gasteiger partial charge in [0.15, 0.2) is 11.6 Å². The van der Waals surface area contributed by atoms with Crippen molar-refractivity contribution in [2.24, 2.45) is 0 Å². The van der Waals surface area contributed by atoms with Gasteiger partial charge in [-0.2, -0.15) is 0 Å². The average molecular weight is 235 g/mol. The summed E-state index contributed by atoms with van der Waals surface area (Å²) in [5.41, 5.74) is 2.01. The molecule has 1 aromatic heterocycles. The highest BCUT2D eigenvalue weighted by Gasteiger charge is 2.02. The Bertz CT molecular complexity index is 471. The topological polar surface area (TPSA) is 35.0 Å². The van der Waals surface area contributed by atoms with E-state index in [0.717, 1.165) is 11.1 Å². The van der Waals surface area contributed by atoms with Crippen molar-refractivity contribution in [1.82, 2.24) is 9.97 Å². The summed E-state index contributed by atoms with van der Waals surface area (Å²) >= 11 is 5.77. The summed E-state index contributed by atoms with van der Waals surface area (Å²) in [4.78, 5) is 8.43. The molecular weight excluding hydrogens is 224 g/mol. The van der Waals surface area contributed by atoms with Gasteiger partial charge >= 0.3 is 0 Å². The zero-order valence-electron chi connectivity index (χ0n) is 8.85. The fourth-order valence-corrected chi connectivity index (χ4v) is 1.53. The maximum absolute atomic E-state index is 5.77. The van der Waals surface area contributed by atoms with Crippen LogP contribution in [-0.2, 0) is 5.88 Å². The molecule has 0 aliphatic rings. The highest BCUT2D eigenvalue weighted by atomic mass is 35.5. The van der Waals surface area contributed by atoms with E-state index in [1.165, 1.54) is 0 Å². The van der Waals surface area contributed by atoms with E-state index in [1.807, 2.05) is 24.3 Å². The lowest BCUT2D eigenvalue weighted by Gasteiger charge is -2.03. The van der Waals surface area contributed by atoms with Crippen LogP contribution >= 0.6 is 11.6 Å². The first-order valence-electron chi connectivity index (χ1n) is 4.85. The van der Waals surface area contributed by atoms with E-state index in [4.69, 9.17) is 16.3 Å². The van der Waals surface area contributed by atoms with Gasteiger partial charge in [-0.25, -0.2) is 9.97 Å². The van der Waals surface area contributed by atoms with Crippen molar-refractivity contribution in [1.29, 1.82) is 0 Å². The van der Waals surface area contributed by atoms with Crippen LogP contribution < -0.4 is 4.74 Å². The molecule has 0 N–H and O–H groups in total. The molecule has 82 valence electrons. The van der Waals surface area contributed by atoms with Gasteiger partial charge in [0, 0.05) is 11.4 Å². The van der Waals surface area contributed by atoms with Gasteiger partial charge in [0.25, 0.3) is 0 Å². The number of benzene rings is 1. The van der Waals surface area contributed by atoms with Crippen molar-refractivity contribution < 1.29 is 4.74 Å². The molecule has 0 aliphatic heterocycles. The highest BCUT2D eigenvalue weighted by Crippen LogP contribution is 2.18. The Morgan fingerprint density at radius 2 is 2.00 bits per heavy atom. The lowest BCUT2D eigenvalue weighted by atomic mass is 10.1. The molecule has 0 saturated carbocycles. The molecule has 4 heteroatoms. The first-order valence-corrected chi connectivity index (χ1v) is 5.38. The number of rotatable bonds is 3. The Kier molecular flexibility index (Phi) is 3.37. The van der Waals surface area contributed by atoms with Gasteiger partial charge < -0.3 is 4.74 Å². The molecule has 0 amide bonds. The van der Waals surface area contributed by atoms with Crippen LogP contribution in [0.1, 0.15) is 5.56 Å². The zero-order chi connectivity index (χ0) is 11.4. The molecule has 1 aromatic carbocycles. The number of ether oxygens (including phenoxy) is 1. The molecule has 0 aliphatic carbocycles. The quantitative estimate of drug-likeness (QED) is 0.766. The third kappa shape index (κ3) is 2.31. The van der Waals surface area contributed by atoms with Crippen molar-refractivity contribution in [2.45, 2.75) is 5.88 Å². The predicted molar refractivity (Wildman–Crippen MR) is 63.6 cm³/mol.